The Labute approximate surface area is 110 Å². The summed E-state index contributed by atoms with van der Waals surface area (Å²) in [5.74, 6) is -0.541. The quantitative estimate of drug-likeness (QED) is 0.823. The molecule has 2 rings (SSSR count). The summed E-state index contributed by atoms with van der Waals surface area (Å²) in [6.07, 6.45) is 3.03. The van der Waals surface area contributed by atoms with Crippen LogP contribution in [0.25, 0.3) is 0 Å². The van der Waals surface area contributed by atoms with Crippen LogP contribution in [0.2, 0.25) is 0 Å². The van der Waals surface area contributed by atoms with E-state index < -0.39 is 5.97 Å². The Morgan fingerprint density at radius 2 is 2.32 bits per heavy atom. The minimum Gasteiger partial charge on any atom is -0.481 e. The number of hydrogen-bond donors (Lipinski definition) is 2. The molecule has 6 heteroatoms. The van der Waals surface area contributed by atoms with Gasteiger partial charge in [-0.1, -0.05) is 0 Å². The van der Waals surface area contributed by atoms with Crippen molar-refractivity contribution < 1.29 is 19.1 Å². The molecule has 19 heavy (non-hydrogen) atoms. The van der Waals surface area contributed by atoms with E-state index in [1.165, 1.54) is 6.26 Å². The maximum Gasteiger partial charge on any atom is 0.372 e. The first kappa shape index (κ1) is 13.1. The molecule has 2 aromatic heterocycles. The van der Waals surface area contributed by atoms with Crippen LogP contribution >= 0.6 is 0 Å². The molecule has 100 valence electrons. The molecule has 0 spiro atoms. The van der Waals surface area contributed by atoms with Crippen molar-refractivity contribution in [3.63, 3.8) is 0 Å². The molecule has 0 radical (unpaired) electrons. The number of aromatic carboxylic acids is 1. The number of nitrogens with zero attached hydrogens (tertiary/aromatic N) is 1. The third-order valence-corrected chi connectivity index (χ3v) is 2.59. The van der Waals surface area contributed by atoms with Gasteiger partial charge in [0, 0.05) is 30.9 Å². The van der Waals surface area contributed by atoms with Gasteiger partial charge >= 0.3 is 5.97 Å². The van der Waals surface area contributed by atoms with E-state index in [1.54, 1.807) is 19.4 Å². The summed E-state index contributed by atoms with van der Waals surface area (Å²) >= 11 is 0. The molecule has 0 aliphatic heterocycles. The monoisotopic (exact) mass is 262 g/mol. The number of nitrogens with one attached hydrogen (secondary N) is 1. The Morgan fingerprint density at radius 3 is 3.05 bits per heavy atom. The summed E-state index contributed by atoms with van der Waals surface area (Å²) in [6, 6.07) is 5.33. The number of methoxy groups -OCH3 is 1. The molecule has 2 N–H and O–H groups in total. The lowest BCUT2D eigenvalue weighted by Gasteiger charge is -2.05. The Morgan fingerprint density at radius 1 is 1.47 bits per heavy atom. The van der Waals surface area contributed by atoms with Crippen LogP contribution in [0.3, 0.4) is 0 Å². The molecule has 0 bridgehead atoms. The zero-order valence-corrected chi connectivity index (χ0v) is 10.4. The van der Waals surface area contributed by atoms with Crippen LogP contribution in [0.15, 0.2) is 35.1 Å². The molecular formula is C13H14N2O4. The Bertz CT molecular complexity index is 565. The van der Waals surface area contributed by atoms with Gasteiger partial charge in [-0.25, -0.2) is 9.78 Å². The van der Waals surface area contributed by atoms with Crippen LogP contribution in [0.5, 0.6) is 5.88 Å². The fraction of sp³-hybridized carbons (Fsp3) is 0.231. The summed E-state index contributed by atoms with van der Waals surface area (Å²) in [5.41, 5.74) is 1.63. The molecule has 0 amide bonds. The van der Waals surface area contributed by atoms with Gasteiger partial charge in [0.15, 0.2) is 0 Å². The second-order valence-electron chi connectivity index (χ2n) is 3.89. The van der Waals surface area contributed by atoms with Gasteiger partial charge in [-0.3, -0.25) is 0 Å². The van der Waals surface area contributed by atoms with E-state index in [9.17, 15) is 4.79 Å². The van der Waals surface area contributed by atoms with Gasteiger partial charge in [0.25, 0.3) is 0 Å². The standard InChI is InChI=1S/C13H14N2O4/c1-18-11-6-9(2-4-15-11)7-14-8-10-3-5-19-12(10)13(16)17/h2-6,14H,7-8H2,1H3,(H,16,17). The average Bonchev–Trinajstić information content (AvgIpc) is 2.87. The second kappa shape index (κ2) is 6.01. The molecule has 0 aromatic carbocycles. The molecule has 0 saturated heterocycles. The summed E-state index contributed by atoms with van der Waals surface area (Å²) in [6.45, 7) is 1.01. The molecule has 0 saturated carbocycles. The van der Waals surface area contributed by atoms with E-state index in [-0.39, 0.29) is 5.76 Å². The predicted molar refractivity (Wildman–Crippen MR) is 67.0 cm³/mol. The highest BCUT2D eigenvalue weighted by atomic mass is 16.5. The maximum absolute atomic E-state index is 10.9. The Kier molecular flexibility index (Phi) is 4.15. The zero-order valence-electron chi connectivity index (χ0n) is 10.4. The molecule has 0 fully saturated rings. The van der Waals surface area contributed by atoms with Crippen molar-refractivity contribution in [2.45, 2.75) is 13.1 Å². The van der Waals surface area contributed by atoms with Crippen molar-refractivity contribution >= 4 is 5.97 Å². The van der Waals surface area contributed by atoms with Gasteiger partial charge in [0.2, 0.25) is 11.6 Å². The first-order valence-electron chi connectivity index (χ1n) is 5.70. The first-order chi connectivity index (χ1) is 9.20. The van der Waals surface area contributed by atoms with Gasteiger partial charge in [-0.15, -0.1) is 0 Å². The number of pyridine rings is 1. The summed E-state index contributed by atoms with van der Waals surface area (Å²) in [5, 5.41) is 12.0. The van der Waals surface area contributed by atoms with Crippen LogP contribution in [-0.2, 0) is 13.1 Å². The molecule has 2 heterocycles. The largest absolute Gasteiger partial charge is 0.481 e. The third kappa shape index (κ3) is 3.32. The second-order valence-corrected chi connectivity index (χ2v) is 3.89. The van der Waals surface area contributed by atoms with Crippen molar-refractivity contribution in [1.29, 1.82) is 0 Å². The SMILES string of the molecule is COc1cc(CNCc2ccoc2C(=O)O)ccn1. The zero-order chi connectivity index (χ0) is 13.7. The summed E-state index contributed by atoms with van der Waals surface area (Å²) in [4.78, 5) is 14.9. The maximum atomic E-state index is 10.9. The predicted octanol–water partition coefficient (Wildman–Crippen LogP) is 1.67. The fourth-order valence-corrected chi connectivity index (χ4v) is 1.68. The number of ether oxygens (including phenoxy) is 1. The average molecular weight is 262 g/mol. The number of carboxylic acids is 1. The number of hydrogen-bond acceptors (Lipinski definition) is 5. The number of aromatic nitrogens is 1. The molecule has 2 aromatic rings. The molecule has 6 nitrogen and oxygen atoms in total. The van der Waals surface area contributed by atoms with E-state index in [0.717, 1.165) is 5.56 Å². The Hall–Kier alpha value is -2.34. The molecule has 0 aliphatic rings. The van der Waals surface area contributed by atoms with Crippen molar-refractivity contribution in [1.82, 2.24) is 10.3 Å². The summed E-state index contributed by atoms with van der Waals surface area (Å²) in [7, 11) is 1.56. The molecular weight excluding hydrogens is 248 g/mol. The van der Waals surface area contributed by atoms with E-state index in [2.05, 4.69) is 10.3 Å². The van der Waals surface area contributed by atoms with Gasteiger partial charge in [-0.05, 0) is 17.7 Å². The lowest BCUT2D eigenvalue weighted by molar-refractivity contribution is 0.0660. The lowest BCUT2D eigenvalue weighted by Crippen LogP contribution is -2.14. The topological polar surface area (TPSA) is 84.6 Å². The number of furan rings is 1. The van der Waals surface area contributed by atoms with Crippen molar-refractivity contribution in [2.75, 3.05) is 7.11 Å². The van der Waals surface area contributed by atoms with Gasteiger partial charge in [0.05, 0.1) is 13.4 Å². The lowest BCUT2D eigenvalue weighted by atomic mass is 10.2. The highest BCUT2D eigenvalue weighted by Crippen LogP contribution is 2.11. The van der Waals surface area contributed by atoms with E-state index in [0.29, 0.717) is 24.5 Å². The van der Waals surface area contributed by atoms with E-state index >= 15 is 0 Å². The molecule has 0 unspecified atom stereocenters. The van der Waals surface area contributed by atoms with Gasteiger partial charge < -0.3 is 19.6 Å². The van der Waals surface area contributed by atoms with Crippen LogP contribution in [0.1, 0.15) is 21.7 Å². The summed E-state index contributed by atoms with van der Waals surface area (Å²) < 4.78 is 9.92. The molecule has 0 aliphatic carbocycles. The minimum atomic E-state index is -1.06. The van der Waals surface area contributed by atoms with Crippen LogP contribution in [-0.4, -0.2) is 23.2 Å². The van der Waals surface area contributed by atoms with Crippen LogP contribution in [0, 0.1) is 0 Å². The van der Waals surface area contributed by atoms with Crippen molar-refractivity contribution in [3.8, 4) is 5.88 Å². The first-order valence-corrected chi connectivity index (χ1v) is 5.70. The molecule has 0 atom stereocenters. The van der Waals surface area contributed by atoms with Gasteiger partial charge in [0.1, 0.15) is 0 Å². The smallest absolute Gasteiger partial charge is 0.372 e. The normalized spacial score (nSPS) is 10.4. The fourth-order valence-electron chi connectivity index (χ4n) is 1.68. The van der Waals surface area contributed by atoms with Crippen molar-refractivity contribution in [2.24, 2.45) is 0 Å². The van der Waals surface area contributed by atoms with E-state index in [4.69, 9.17) is 14.3 Å². The van der Waals surface area contributed by atoms with Crippen LogP contribution < -0.4 is 10.1 Å². The van der Waals surface area contributed by atoms with Crippen molar-refractivity contribution in [3.05, 3.63) is 47.5 Å². The highest BCUT2D eigenvalue weighted by molar-refractivity contribution is 5.86. The Balaban J connectivity index is 1.92. The minimum absolute atomic E-state index is 0.0280. The number of carboxylic acid groups (broad SMARTS) is 1. The highest BCUT2D eigenvalue weighted by Gasteiger charge is 2.13. The number of carbonyl (C=O) groups is 1. The van der Waals surface area contributed by atoms with Crippen LogP contribution in [0.4, 0.5) is 0 Å². The van der Waals surface area contributed by atoms with E-state index in [1.807, 2.05) is 12.1 Å². The van der Waals surface area contributed by atoms with Gasteiger partial charge in [-0.2, -0.15) is 0 Å². The number of rotatable bonds is 6. The third-order valence-electron chi connectivity index (χ3n) is 2.59.